The standard InChI is InChI=1S/C14H13ClF3N5O2S/c1-7(24)22-13-23-10(6-26-13)12(25)20-3-2-19-11-9(15)4-8(5-21-11)14(16,17)18/h4-6H,2-3H2,1H3,(H,19,21)(H,20,25)(H,22,23,24). The topological polar surface area (TPSA) is 96.0 Å². The zero-order valence-corrected chi connectivity index (χ0v) is 14.8. The van der Waals surface area contributed by atoms with Crippen molar-refractivity contribution in [2.24, 2.45) is 0 Å². The molecular weight excluding hydrogens is 395 g/mol. The second kappa shape index (κ2) is 8.32. The summed E-state index contributed by atoms with van der Waals surface area (Å²) in [7, 11) is 0. The first-order valence-electron chi connectivity index (χ1n) is 7.14. The Morgan fingerprint density at radius 2 is 2.04 bits per heavy atom. The highest BCUT2D eigenvalue weighted by Crippen LogP contribution is 2.32. The molecule has 0 spiro atoms. The Bertz CT molecular complexity index is 812. The highest BCUT2D eigenvalue weighted by Gasteiger charge is 2.31. The second-order valence-corrected chi connectivity index (χ2v) is 6.22. The number of anilines is 2. The summed E-state index contributed by atoms with van der Waals surface area (Å²) in [6.07, 6.45) is -3.85. The van der Waals surface area contributed by atoms with E-state index in [1.165, 1.54) is 12.3 Å². The lowest BCUT2D eigenvalue weighted by atomic mass is 10.3. The van der Waals surface area contributed by atoms with Crippen molar-refractivity contribution in [3.05, 3.63) is 33.9 Å². The second-order valence-electron chi connectivity index (χ2n) is 4.95. The molecule has 26 heavy (non-hydrogen) atoms. The number of hydrogen-bond donors (Lipinski definition) is 3. The Hall–Kier alpha value is -2.40. The average Bonchev–Trinajstić information content (AvgIpc) is 2.99. The molecule has 0 fully saturated rings. The van der Waals surface area contributed by atoms with Gasteiger partial charge in [0.05, 0.1) is 10.6 Å². The molecule has 0 aliphatic carbocycles. The molecule has 0 radical (unpaired) electrons. The van der Waals surface area contributed by atoms with Crippen molar-refractivity contribution in [3.63, 3.8) is 0 Å². The fraction of sp³-hybridized carbons (Fsp3) is 0.286. The van der Waals surface area contributed by atoms with Crippen LogP contribution in [0.15, 0.2) is 17.6 Å². The molecule has 2 aromatic rings. The molecule has 0 saturated heterocycles. The number of carbonyl (C=O) groups excluding carboxylic acids is 2. The molecule has 140 valence electrons. The van der Waals surface area contributed by atoms with Gasteiger partial charge >= 0.3 is 6.18 Å². The molecule has 2 aromatic heterocycles. The van der Waals surface area contributed by atoms with E-state index in [1.54, 1.807) is 0 Å². The molecule has 3 N–H and O–H groups in total. The Kier molecular flexibility index (Phi) is 6.37. The highest BCUT2D eigenvalue weighted by molar-refractivity contribution is 7.14. The molecule has 0 aliphatic rings. The van der Waals surface area contributed by atoms with Gasteiger partial charge in [0.1, 0.15) is 11.5 Å². The molecule has 7 nitrogen and oxygen atoms in total. The molecule has 2 heterocycles. The molecule has 2 amide bonds. The van der Waals surface area contributed by atoms with E-state index in [4.69, 9.17) is 11.6 Å². The van der Waals surface area contributed by atoms with E-state index < -0.39 is 17.6 Å². The monoisotopic (exact) mass is 407 g/mol. The van der Waals surface area contributed by atoms with Crippen molar-refractivity contribution in [2.45, 2.75) is 13.1 Å². The minimum Gasteiger partial charge on any atom is -0.367 e. The van der Waals surface area contributed by atoms with Gasteiger partial charge in [0, 0.05) is 31.6 Å². The summed E-state index contributed by atoms with van der Waals surface area (Å²) < 4.78 is 37.6. The third kappa shape index (κ3) is 5.56. The number of amides is 2. The molecule has 0 saturated carbocycles. The Morgan fingerprint density at radius 1 is 1.31 bits per heavy atom. The Labute approximate surface area is 155 Å². The average molecular weight is 408 g/mol. The Balaban J connectivity index is 1.82. The fourth-order valence-electron chi connectivity index (χ4n) is 1.76. The number of thiazole rings is 1. The SMILES string of the molecule is CC(=O)Nc1nc(C(=O)NCCNc2ncc(C(F)(F)F)cc2Cl)cs1. The number of carbonyl (C=O) groups is 2. The van der Waals surface area contributed by atoms with E-state index in [1.807, 2.05) is 0 Å². The van der Waals surface area contributed by atoms with Crippen molar-refractivity contribution in [3.8, 4) is 0 Å². The summed E-state index contributed by atoms with van der Waals surface area (Å²) in [5.74, 6) is -0.668. The normalized spacial score (nSPS) is 11.1. The molecular formula is C14H13ClF3N5O2S. The van der Waals surface area contributed by atoms with E-state index in [2.05, 4.69) is 25.9 Å². The predicted molar refractivity (Wildman–Crippen MR) is 91.5 cm³/mol. The minimum absolute atomic E-state index is 0.0792. The summed E-state index contributed by atoms with van der Waals surface area (Å²) in [6.45, 7) is 1.67. The van der Waals surface area contributed by atoms with Gasteiger partial charge in [-0.3, -0.25) is 9.59 Å². The maximum atomic E-state index is 12.5. The van der Waals surface area contributed by atoms with Gasteiger partial charge in [0.25, 0.3) is 5.91 Å². The number of nitrogens with zero attached hydrogens (tertiary/aromatic N) is 2. The van der Waals surface area contributed by atoms with Crippen LogP contribution in [-0.2, 0) is 11.0 Å². The first kappa shape index (κ1) is 19.9. The van der Waals surface area contributed by atoms with E-state index in [0.29, 0.717) is 11.3 Å². The summed E-state index contributed by atoms with van der Waals surface area (Å²) in [6, 6.07) is 0.772. The quantitative estimate of drug-likeness (QED) is 0.640. The van der Waals surface area contributed by atoms with Crippen molar-refractivity contribution in [2.75, 3.05) is 23.7 Å². The van der Waals surface area contributed by atoms with Gasteiger partial charge < -0.3 is 16.0 Å². The lowest BCUT2D eigenvalue weighted by molar-refractivity contribution is -0.137. The van der Waals surface area contributed by atoms with Crippen molar-refractivity contribution >= 4 is 45.7 Å². The first-order chi connectivity index (χ1) is 12.2. The smallest absolute Gasteiger partial charge is 0.367 e. The number of nitrogens with one attached hydrogen (secondary N) is 3. The fourth-order valence-corrected chi connectivity index (χ4v) is 2.73. The van der Waals surface area contributed by atoms with Crippen LogP contribution >= 0.6 is 22.9 Å². The molecule has 0 atom stereocenters. The van der Waals surface area contributed by atoms with Crippen molar-refractivity contribution in [1.82, 2.24) is 15.3 Å². The minimum atomic E-state index is -4.52. The van der Waals surface area contributed by atoms with Crippen LogP contribution in [0.3, 0.4) is 0 Å². The predicted octanol–water partition coefficient (Wildman–Crippen LogP) is 3.01. The van der Waals surface area contributed by atoms with Crippen LogP contribution in [0.25, 0.3) is 0 Å². The van der Waals surface area contributed by atoms with Crippen LogP contribution in [0.2, 0.25) is 5.02 Å². The summed E-state index contributed by atoms with van der Waals surface area (Å²) >= 11 is 6.87. The number of alkyl halides is 3. The van der Waals surface area contributed by atoms with E-state index in [9.17, 15) is 22.8 Å². The van der Waals surface area contributed by atoms with E-state index in [-0.39, 0.29) is 35.5 Å². The molecule has 0 aliphatic heterocycles. The number of halogens is 4. The van der Waals surface area contributed by atoms with E-state index >= 15 is 0 Å². The third-order valence-corrected chi connectivity index (χ3v) is 3.94. The lowest BCUT2D eigenvalue weighted by Crippen LogP contribution is -2.29. The van der Waals surface area contributed by atoms with Crippen LogP contribution in [0, 0.1) is 0 Å². The maximum Gasteiger partial charge on any atom is 0.417 e. The number of hydrogen-bond acceptors (Lipinski definition) is 6. The molecule has 0 bridgehead atoms. The molecule has 0 aromatic carbocycles. The van der Waals surface area contributed by atoms with Crippen LogP contribution in [0.5, 0.6) is 0 Å². The Morgan fingerprint density at radius 3 is 2.65 bits per heavy atom. The third-order valence-electron chi connectivity index (χ3n) is 2.89. The van der Waals surface area contributed by atoms with Gasteiger partial charge in [-0.15, -0.1) is 11.3 Å². The van der Waals surface area contributed by atoms with Crippen LogP contribution in [0.4, 0.5) is 24.1 Å². The zero-order chi connectivity index (χ0) is 19.3. The first-order valence-corrected chi connectivity index (χ1v) is 8.40. The molecule has 0 unspecified atom stereocenters. The number of aromatic nitrogens is 2. The maximum absolute atomic E-state index is 12.5. The van der Waals surface area contributed by atoms with Gasteiger partial charge in [-0.25, -0.2) is 9.97 Å². The van der Waals surface area contributed by atoms with Crippen molar-refractivity contribution < 1.29 is 22.8 Å². The van der Waals surface area contributed by atoms with Crippen LogP contribution < -0.4 is 16.0 Å². The van der Waals surface area contributed by atoms with Crippen LogP contribution in [0.1, 0.15) is 23.0 Å². The largest absolute Gasteiger partial charge is 0.417 e. The summed E-state index contributed by atoms with van der Waals surface area (Å²) in [4.78, 5) is 30.4. The molecule has 2 rings (SSSR count). The van der Waals surface area contributed by atoms with Gasteiger partial charge in [0.2, 0.25) is 5.91 Å². The zero-order valence-electron chi connectivity index (χ0n) is 13.3. The molecule has 12 heteroatoms. The van der Waals surface area contributed by atoms with E-state index in [0.717, 1.165) is 17.4 Å². The number of pyridine rings is 1. The van der Waals surface area contributed by atoms with Gasteiger partial charge in [0.15, 0.2) is 5.13 Å². The lowest BCUT2D eigenvalue weighted by Gasteiger charge is -2.11. The number of rotatable bonds is 6. The van der Waals surface area contributed by atoms with Gasteiger partial charge in [-0.1, -0.05) is 11.6 Å². The van der Waals surface area contributed by atoms with Crippen LogP contribution in [-0.4, -0.2) is 34.9 Å². The highest BCUT2D eigenvalue weighted by atomic mass is 35.5. The van der Waals surface area contributed by atoms with Crippen molar-refractivity contribution in [1.29, 1.82) is 0 Å². The summed E-state index contributed by atoms with van der Waals surface area (Å²) in [5, 5.41) is 9.38. The summed E-state index contributed by atoms with van der Waals surface area (Å²) in [5.41, 5.74) is -0.802. The van der Waals surface area contributed by atoms with Gasteiger partial charge in [-0.2, -0.15) is 13.2 Å². The van der Waals surface area contributed by atoms with Gasteiger partial charge in [-0.05, 0) is 6.07 Å².